The van der Waals surface area contributed by atoms with Gasteiger partial charge in [0.15, 0.2) is 6.29 Å². The van der Waals surface area contributed by atoms with Crippen molar-refractivity contribution < 1.29 is 41.3 Å². The summed E-state index contributed by atoms with van der Waals surface area (Å²) >= 11 is 0. The molecule has 0 radical (unpaired) electrons. The zero-order chi connectivity index (χ0) is 21.5. The Hall–Kier alpha value is -0.930. The average Bonchev–Trinajstić information content (AvgIpc) is 2.67. The molecule has 0 aromatic rings. The molecule has 0 amide bonds. The Kier molecular flexibility index (Phi) is 9.15. The molecule has 1 aliphatic carbocycles. The molecule has 1 aliphatic heterocycles. The van der Waals surface area contributed by atoms with Crippen LogP contribution in [0, 0.1) is 11.8 Å². The normalized spacial score (nSPS) is 27.3. The first-order valence-electron chi connectivity index (χ1n) is 10.3. The van der Waals surface area contributed by atoms with E-state index in [1.165, 1.54) is 5.57 Å². The van der Waals surface area contributed by atoms with E-state index in [4.69, 9.17) is 14.6 Å². The van der Waals surface area contributed by atoms with Gasteiger partial charge in [-0.2, -0.15) is 22.0 Å². The highest BCUT2D eigenvalue weighted by Gasteiger charge is 2.63. The first kappa shape index (κ1) is 24.3. The molecule has 9 heteroatoms. The molecule has 2 aliphatic rings. The van der Waals surface area contributed by atoms with Crippen LogP contribution in [0.1, 0.15) is 64.7 Å². The number of alkyl halides is 5. The minimum absolute atomic E-state index is 0.208. The van der Waals surface area contributed by atoms with Crippen LogP contribution in [0.25, 0.3) is 0 Å². The number of hydrogen-bond acceptors (Lipinski definition) is 4. The first-order valence-corrected chi connectivity index (χ1v) is 10.3. The monoisotopic (exact) mass is 430 g/mol. The lowest BCUT2D eigenvalue weighted by atomic mass is 9.79. The second kappa shape index (κ2) is 10.9. The molecular weight excluding hydrogens is 399 g/mol. The summed E-state index contributed by atoms with van der Waals surface area (Å²) in [6.07, 6.45) is 0.456. The SMILES string of the molecule is CCCC1=COC(CCC2CCC(CCOC(O)C(F)(F)C(F)(F)F)CC2)OC1. The van der Waals surface area contributed by atoms with Crippen LogP contribution < -0.4 is 0 Å². The third-order valence-corrected chi connectivity index (χ3v) is 5.68. The summed E-state index contributed by atoms with van der Waals surface area (Å²) in [7, 11) is 0. The van der Waals surface area contributed by atoms with Crippen molar-refractivity contribution >= 4 is 0 Å². The molecule has 2 rings (SSSR count). The molecule has 29 heavy (non-hydrogen) atoms. The van der Waals surface area contributed by atoms with Gasteiger partial charge in [-0.3, -0.25) is 0 Å². The van der Waals surface area contributed by atoms with Crippen LogP contribution in [0.5, 0.6) is 0 Å². The summed E-state index contributed by atoms with van der Waals surface area (Å²) < 4.78 is 78.0. The van der Waals surface area contributed by atoms with E-state index in [0.29, 0.717) is 18.9 Å². The van der Waals surface area contributed by atoms with Gasteiger partial charge in [-0.1, -0.05) is 39.0 Å². The maximum Gasteiger partial charge on any atom is 0.458 e. The topological polar surface area (TPSA) is 47.9 Å². The number of aliphatic hydroxyl groups is 1. The fourth-order valence-corrected chi connectivity index (χ4v) is 3.82. The van der Waals surface area contributed by atoms with E-state index in [1.54, 1.807) is 0 Å². The zero-order valence-corrected chi connectivity index (χ0v) is 16.7. The standard InChI is InChI=1S/C20H31F5O4/c1-2-3-16-12-28-17(29-13-16)9-8-14-4-6-15(7-5-14)10-11-27-18(26)19(21,22)20(23,24)25/h12,14-15,17-18,26H,2-11,13H2,1H3. The predicted molar refractivity (Wildman–Crippen MR) is 96.1 cm³/mol. The van der Waals surface area contributed by atoms with Crippen LogP contribution in [0.2, 0.25) is 0 Å². The van der Waals surface area contributed by atoms with Gasteiger partial charge in [0.2, 0.25) is 6.29 Å². The zero-order valence-electron chi connectivity index (χ0n) is 16.7. The number of ether oxygens (including phenoxy) is 3. The van der Waals surface area contributed by atoms with Gasteiger partial charge in [0, 0.05) is 6.42 Å². The maximum atomic E-state index is 12.9. The number of halogens is 5. The van der Waals surface area contributed by atoms with Crippen molar-refractivity contribution in [2.45, 2.75) is 89.4 Å². The number of aliphatic hydroxyl groups excluding tert-OH is 1. The highest BCUT2D eigenvalue weighted by molar-refractivity contribution is 5.00. The Morgan fingerprint density at radius 1 is 1.07 bits per heavy atom. The smallest absolute Gasteiger partial charge is 0.458 e. The Bertz CT molecular complexity index is 515. The predicted octanol–water partition coefficient (Wildman–Crippen LogP) is 5.55. The molecule has 170 valence electrons. The van der Waals surface area contributed by atoms with Crippen LogP contribution in [-0.2, 0) is 14.2 Å². The molecule has 1 fully saturated rings. The summed E-state index contributed by atoms with van der Waals surface area (Å²) in [6, 6.07) is 0. The summed E-state index contributed by atoms with van der Waals surface area (Å²) in [5.41, 5.74) is 1.17. The Labute approximate surface area is 168 Å². The van der Waals surface area contributed by atoms with E-state index < -0.39 is 18.4 Å². The van der Waals surface area contributed by atoms with Crippen LogP contribution in [0.15, 0.2) is 11.8 Å². The van der Waals surface area contributed by atoms with Crippen molar-refractivity contribution in [2.24, 2.45) is 11.8 Å². The average molecular weight is 430 g/mol. The molecule has 0 spiro atoms. The molecule has 2 unspecified atom stereocenters. The fraction of sp³-hybridized carbons (Fsp3) is 0.900. The Morgan fingerprint density at radius 3 is 2.21 bits per heavy atom. The molecule has 0 aromatic carbocycles. The Morgan fingerprint density at radius 2 is 1.69 bits per heavy atom. The van der Waals surface area contributed by atoms with E-state index in [9.17, 15) is 22.0 Å². The minimum atomic E-state index is -5.83. The van der Waals surface area contributed by atoms with Crippen molar-refractivity contribution in [3.8, 4) is 0 Å². The third kappa shape index (κ3) is 7.36. The van der Waals surface area contributed by atoms with Gasteiger partial charge in [-0.15, -0.1) is 0 Å². The lowest BCUT2D eigenvalue weighted by Crippen LogP contribution is -2.48. The van der Waals surface area contributed by atoms with Gasteiger partial charge < -0.3 is 19.3 Å². The molecule has 1 saturated carbocycles. The van der Waals surface area contributed by atoms with Crippen molar-refractivity contribution in [1.29, 1.82) is 0 Å². The van der Waals surface area contributed by atoms with Gasteiger partial charge >= 0.3 is 12.1 Å². The molecule has 0 aromatic heterocycles. The summed E-state index contributed by atoms with van der Waals surface area (Å²) in [4.78, 5) is 0. The van der Waals surface area contributed by atoms with E-state index in [0.717, 1.165) is 51.4 Å². The third-order valence-electron chi connectivity index (χ3n) is 5.68. The number of hydrogen-bond donors (Lipinski definition) is 1. The van der Waals surface area contributed by atoms with Gasteiger partial charge in [-0.25, -0.2) is 0 Å². The van der Waals surface area contributed by atoms with Crippen molar-refractivity contribution in [3.05, 3.63) is 11.8 Å². The molecule has 1 heterocycles. The highest BCUT2D eigenvalue weighted by Crippen LogP contribution is 2.39. The maximum absolute atomic E-state index is 12.9. The van der Waals surface area contributed by atoms with E-state index in [-0.39, 0.29) is 18.8 Å². The largest absolute Gasteiger partial charge is 0.473 e. The second-order valence-electron chi connectivity index (χ2n) is 8.00. The highest BCUT2D eigenvalue weighted by atomic mass is 19.4. The molecule has 4 nitrogen and oxygen atoms in total. The van der Waals surface area contributed by atoms with Gasteiger partial charge in [0.1, 0.15) is 0 Å². The fourth-order valence-electron chi connectivity index (χ4n) is 3.82. The van der Waals surface area contributed by atoms with E-state index in [1.807, 2.05) is 6.26 Å². The summed E-state index contributed by atoms with van der Waals surface area (Å²) in [5.74, 6) is -4.53. The number of rotatable bonds is 10. The van der Waals surface area contributed by atoms with Crippen LogP contribution in [0.4, 0.5) is 22.0 Å². The van der Waals surface area contributed by atoms with Crippen LogP contribution >= 0.6 is 0 Å². The summed E-state index contributed by atoms with van der Waals surface area (Å²) in [5, 5.41) is 9.00. The molecular formula is C20H31F5O4. The lowest BCUT2D eigenvalue weighted by molar-refractivity contribution is -0.356. The Balaban J connectivity index is 1.59. The first-order chi connectivity index (χ1) is 13.6. The lowest BCUT2D eigenvalue weighted by Gasteiger charge is -2.31. The molecule has 0 saturated heterocycles. The molecule has 1 N–H and O–H groups in total. The van der Waals surface area contributed by atoms with Gasteiger partial charge in [0.25, 0.3) is 0 Å². The molecule has 0 bridgehead atoms. The van der Waals surface area contributed by atoms with E-state index >= 15 is 0 Å². The van der Waals surface area contributed by atoms with Crippen molar-refractivity contribution in [2.75, 3.05) is 13.2 Å². The molecule has 2 atom stereocenters. The van der Waals surface area contributed by atoms with Crippen molar-refractivity contribution in [1.82, 2.24) is 0 Å². The summed E-state index contributed by atoms with van der Waals surface area (Å²) in [6.45, 7) is 2.40. The quantitative estimate of drug-likeness (QED) is 0.365. The van der Waals surface area contributed by atoms with Crippen LogP contribution in [-0.4, -0.2) is 43.0 Å². The van der Waals surface area contributed by atoms with Gasteiger partial charge in [-0.05, 0) is 36.7 Å². The minimum Gasteiger partial charge on any atom is -0.473 e. The van der Waals surface area contributed by atoms with E-state index in [2.05, 4.69) is 11.7 Å². The van der Waals surface area contributed by atoms with Crippen molar-refractivity contribution in [3.63, 3.8) is 0 Å². The second-order valence-corrected chi connectivity index (χ2v) is 8.00. The van der Waals surface area contributed by atoms with Gasteiger partial charge in [0.05, 0.1) is 19.5 Å². The van der Waals surface area contributed by atoms with Crippen LogP contribution in [0.3, 0.4) is 0 Å².